The second-order valence-electron chi connectivity index (χ2n) is 3.78. The molecule has 1 aromatic rings. The molecule has 0 bridgehead atoms. The third-order valence-corrected chi connectivity index (χ3v) is 2.59. The van der Waals surface area contributed by atoms with Crippen LogP contribution in [0.25, 0.3) is 0 Å². The Morgan fingerprint density at radius 2 is 2.11 bits per heavy atom. The molecule has 0 aromatic heterocycles. The Kier molecular flexibility index (Phi) is 6.15. The average molecular weight is 287 g/mol. The van der Waals surface area contributed by atoms with Crippen LogP contribution in [0.1, 0.15) is 30.1 Å². The van der Waals surface area contributed by atoms with Gasteiger partial charge in [0.05, 0.1) is 11.6 Å². The summed E-state index contributed by atoms with van der Waals surface area (Å²) < 4.78 is 10.0. The molecular weight excluding hydrogens is 272 g/mol. The highest BCUT2D eigenvalue weighted by Crippen LogP contribution is 2.28. The normalized spacial score (nSPS) is 10.0. The van der Waals surface area contributed by atoms with E-state index in [4.69, 9.17) is 26.2 Å². The Labute approximate surface area is 116 Å². The SMILES string of the molecule is CCCCOC(=O)COc1c(Cl)cccc1C(=O)O. The number of benzene rings is 1. The Morgan fingerprint density at radius 1 is 1.37 bits per heavy atom. The lowest BCUT2D eigenvalue weighted by molar-refractivity contribution is -0.146. The first-order valence-corrected chi connectivity index (χ1v) is 6.24. The van der Waals surface area contributed by atoms with Gasteiger partial charge in [0, 0.05) is 0 Å². The van der Waals surface area contributed by atoms with Crippen LogP contribution < -0.4 is 4.74 Å². The molecule has 0 aliphatic rings. The van der Waals surface area contributed by atoms with Crippen molar-refractivity contribution in [2.24, 2.45) is 0 Å². The van der Waals surface area contributed by atoms with Crippen LogP contribution in [0, 0.1) is 0 Å². The zero-order valence-electron chi connectivity index (χ0n) is 10.5. The molecule has 19 heavy (non-hydrogen) atoms. The molecule has 0 aliphatic carbocycles. The van der Waals surface area contributed by atoms with Crippen molar-refractivity contribution in [3.05, 3.63) is 28.8 Å². The number of halogens is 1. The summed E-state index contributed by atoms with van der Waals surface area (Å²) in [5.41, 5.74) is -0.0890. The second kappa shape index (κ2) is 7.63. The van der Waals surface area contributed by atoms with Gasteiger partial charge >= 0.3 is 11.9 Å². The number of unbranched alkanes of at least 4 members (excludes halogenated alkanes) is 1. The number of ether oxygens (including phenoxy) is 2. The Balaban J connectivity index is 2.62. The molecule has 104 valence electrons. The van der Waals surface area contributed by atoms with Gasteiger partial charge in [0.25, 0.3) is 0 Å². The highest BCUT2D eigenvalue weighted by Gasteiger charge is 2.16. The predicted molar refractivity (Wildman–Crippen MR) is 69.8 cm³/mol. The summed E-state index contributed by atoms with van der Waals surface area (Å²) in [5, 5.41) is 9.11. The fourth-order valence-electron chi connectivity index (χ4n) is 1.33. The van der Waals surface area contributed by atoms with Crippen molar-refractivity contribution < 1.29 is 24.2 Å². The minimum absolute atomic E-state index is 0.0240. The molecule has 0 saturated carbocycles. The lowest BCUT2D eigenvalue weighted by Gasteiger charge is -2.10. The summed E-state index contributed by atoms with van der Waals surface area (Å²) in [7, 11) is 0. The minimum atomic E-state index is -1.17. The highest BCUT2D eigenvalue weighted by atomic mass is 35.5. The van der Waals surface area contributed by atoms with E-state index in [0.29, 0.717) is 6.61 Å². The van der Waals surface area contributed by atoms with Crippen LogP contribution in [0.4, 0.5) is 0 Å². The van der Waals surface area contributed by atoms with Gasteiger partial charge in [0.15, 0.2) is 12.4 Å². The number of carbonyl (C=O) groups excluding carboxylic acids is 1. The first kappa shape index (κ1) is 15.3. The minimum Gasteiger partial charge on any atom is -0.479 e. The predicted octanol–water partition coefficient (Wildman–Crippen LogP) is 2.76. The van der Waals surface area contributed by atoms with E-state index in [1.807, 2.05) is 6.92 Å². The molecule has 1 N–H and O–H groups in total. The van der Waals surface area contributed by atoms with Crippen LogP contribution in [-0.4, -0.2) is 30.3 Å². The number of carbonyl (C=O) groups is 2. The van der Waals surface area contributed by atoms with Crippen molar-refractivity contribution in [3.8, 4) is 5.75 Å². The van der Waals surface area contributed by atoms with E-state index < -0.39 is 11.9 Å². The van der Waals surface area contributed by atoms with E-state index in [2.05, 4.69) is 0 Å². The van der Waals surface area contributed by atoms with Gasteiger partial charge in [-0.3, -0.25) is 0 Å². The quantitative estimate of drug-likeness (QED) is 0.616. The Hall–Kier alpha value is -1.75. The molecule has 0 spiro atoms. The molecule has 0 radical (unpaired) electrons. The van der Waals surface area contributed by atoms with E-state index >= 15 is 0 Å². The van der Waals surface area contributed by atoms with Gasteiger partial charge in [-0.05, 0) is 18.6 Å². The van der Waals surface area contributed by atoms with Crippen LogP contribution in [-0.2, 0) is 9.53 Å². The van der Waals surface area contributed by atoms with E-state index in [1.165, 1.54) is 18.2 Å². The van der Waals surface area contributed by atoms with Gasteiger partial charge in [0.1, 0.15) is 5.56 Å². The summed E-state index contributed by atoms with van der Waals surface area (Å²) in [6.45, 7) is 1.94. The van der Waals surface area contributed by atoms with Gasteiger partial charge in [-0.15, -0.1) is 0 Å². The summed E-state index contributed by atoms with van der Waals surface area (Å²) in [6.07, 6.45) is 1.69. The van der Waals surface area contributed by atoms with Gasteiger partial charge in [0.2, 0.25) is 0 Å². The molecule has 0 amide bonds. The van der Waals surface area contributed by atoms with Crippen LogP contribution in [0.15, 0.2) is 18.2 Å². The lowest BCUT2D eigenvalue weighted by Crippen LogP contribution is -2.16. The van der Waals surface area contributed by atoms with Gasteiger partial charge in [-0.2, -0.15) is 0 Å². The first-order chi connectivity index (χ1) is 9.06. The number of hydrogen-bond acceptors (Lipinski definition) is 4. The van der Waals surface area contributed by atoms with Gasteiger partial charge in [-0.25, -0.2) is 9.59 Å². The number of para-hydroxylation sites is 1. The highest BCUT2D eigenvalue weighted by molar-refractivity contribution is 6.32. The topological polar surface area (TPSA) is 72.8 Å². The van der Waals surface area contributed by atoms with E-state index in [-0.39, 0.29) is 22.9 Å². The molecule has 5 nitrogen and oxygen atoms in total. The number of hydrogen-bond donors (Lipinski definition) is 1. The van der Waals surface area contributed by atoms with E-state index in [1.54, 1.807) is 0 Å². The van der Waals surface area contributed by atoms with Crippen molar-refractivity contribution in [1.29, 1.82) is 0 Å². The maximum Gasteiger partial charge on any atom is 0.344 e. The monoisotopic (exact) mass is 286 g/mol. The number of aromatic carboxylic acids is 1. The standard InChI is InChI=1S/C13H15ClO5/c1-2-3-7-18-11(15)8-19-12-9(13(16)17)5-4-6-10(12)14/h4-6H,2-3,7-8H2,1H3,(H,16,17). The van der Waals surface area contributed by atoms with E-state index in [9.17, 15) is 9.59 Å². The lowest BCUT2D eigenvalue weighted by atomic mass is 10.2. The van der Waals surface area contributed by atoms with Crippen LogP contribution in [0.3, 0.4) is 0 Å². The zero-order chi connectivity index (χ0) is 14.3. The molecule has 0 saturated heterocycles. The molecule has 0 atom stereocenters. The van der Waals surface area contributed by atoms with Crippen molar-refractivity contribution in [1.82, 2.24) is 0 Å². The third-order valence-electron chi connectivity index (χ3n) is 2.29. The number of esters is 1. The molecule has 0 heterocycles. The van der Waals surface area contributed by atoms with E-state index in [0.717, 1.165) is 12.8 Å². The molecular formula is C13H15ClO5. The smallest absolute Gasteiger partial charge is 0.344 e. The molecule has 1 rings (SSSR count). The summed E-state index contributed by atoms with van der Waals surface area (Å²) in [5.74, 6) is -1.74. The molecule has 0 aliphatic heterocycles. The fraction of sp³-hybridized carbons (Fsp3) is 0.385. The number of carboxylic acids is 1. The van der Waals surface area contributed by atoms with Crippen LogP contribution >= 0.6 is 11.6 Å². The van der Waals surface area contributed by atoms with Crippen LogP contribution in [0.2, 0.25) is 5.02 Å². The van der Waals surface area contributed by atoms with Gasteiger partial charge in [-0.1, -0.05) is 31.0 Å². The fourth-order valence-corrected chi connectivity index (χ4v) is 1.56. The zero-order valence-corrected chi connectivity index (χ0v) is 11.3. The first-order valence-electron chi connectivity index (χ1n) is 5.86. The van der Waals surface area contributed by atoms with Crippen molar-refractivity contribution >= 4 is 23.5 Å². The van der Waals surface area contributed by atoms with Crippen LogP contribution in [0.5, 0.6) is 5.75 Å². The molecule has 0 fully saturated rings. The maximum absolute atomic E-state index is 11.3. The van der Waals surface area contributed by atoms with Crippen molar-refractivity contribution in [2.45, 2.75) is 19.8 Å². The van der Waals surface area contributed by atoms with Crippen molar-refractivity contribution in [3.63, 3.8) is 0 Å². The molecule has 1 aromatic carbocycles. The maximum atomic E-state index is 11.3. The number of carboxylic acid groups (broad SMARTS) is 1. The third kappa shape index (κ3) is 4.79. The average Bonchev–Trinajstić information content (AvgIpc) is 2.37. The largest absolute Gasteiger partial charge is 0.479 e. The molecule has 0 unspecified atom stereocenters. The van der Waals surface area contributed by atoms with Crippen molar-refractivity contribution in [2.75, 3.05) is 13.2 Å². The number of rotatable bonds is 7. The van der Waals surface area contributed by atoms with Gasteiger partial charge < -0.3 is 14.6 Å². The summed E-state index contributed by atoms with van der Waals surface area (Å²) in [6, 6.07) is 4.34. The Morgan fingerprint density at radius 3 is 2.74 bits per heavy atom. The Bertz CT molecular complexity index is 458. The second-order valence-corrected chi connectivity index (χ2v) is 4.19. The molecule has 6 heteroatoms. The summed E-state index contributed by atoms with van der Waals surface area (Å²) >= 11 is 5.84. The summed E-state index contributed by atoms with van der Waals surface area (Å²) in [4.78, 5) is 22.3.